The van der Waals surface area contributed by atoms with Crippen molar-refractivity contribution in [1.82, 2.24) is 5.32 Å². The Morgan fingerprint density at radius 2 is 2.22 bits per heavy atom. The van der Waals surface area contributed by atoms with Gasteiger partial charge in [-0.15, -0.1) is 0 Å². The Morgan fingerprint density at radius 1 is 1.50 bits per heavy atom. The van der Waals surface area contributed by atoms with Crippen molar-refractivity contribution in [3.63, 3.8) is 0 Å². The Morgan fingerprint density at radius 3 is 2.78 bits per heavy atom. The normalized spacial score (nSPS) is 10.2. The van der Waals surface area contributed by atoms with Crippen molar-refractivity contribution in [3.05, 3.63) is 22.2 Å². The second-order valence-electron chi connectivity index (χ2n) is 3.61. The first kappa shape index (κ1) is 14.8. The van der Waals surface area contributed by atoms with E-state index >= 15 is 0 Å². The molecule has 1 amide bonds. The average molecular weight is 317 g/mol. The van der Waals surface area contributed by atoms with Gasteiger partial charge in [0.05, 0.1) is 24.7 Å². The standard InChI is InChI=1S/C12H17BrN2O3/c1-3-18-12-9(13)4-8(5-10(12)17-2)6-15-7-11(14)16/h4-5,15H,3,6-7H2,1-2H3,(H2,14,16). The van der Waals surface area contributed by atoms with E-state index < -0.39 is 0 Å². The van der Waals surface area contributed by atoms with E-state index in [-0.39, 0.29) is 12.5 Å². The van der Waals surface area contributed by atoms with Gasteiger partial charge in [0.15, 0.2) is 11.5 Å². The van der Waals surface area contributed by atoms with Crippen molar-refractivity contribution >= 4 is 21.8 Å². The summed E-state index contributed by atoms with van der Waals surface area (Å²) in [5, 5.41) is 2.94. The van der Waals surface area contributed by atoms with Gasteiger partial charge in [-0.3, -0.25) is 4.79 Å². The van der Waals surface area contributed by atoms with Gasteiger partial charge in [-0.2, -0.15) is 0 Å². The highest BCUT2D eigenvalue weighted by atomic mass is 79.9. The molecule has 0 spiro atoms. The SMILES string of the molecule is CCOc1c(Br)cc(CNCC(N)=O)cc1OC. The molecule has 100 valence electrons. The molecule has 0 saturated heterocycles. The zero-order valence-electron chi connectivity index (χ0n) is 10.5. The van der Waals surface area contributed by atoms with E-state index in [0.717, 1.165) is 10.0 Å². The van der Waals surface area contributed by atoms with E-state index in [9.17, 15) is 4.79 Å². The summed E-state index contributed by atoms with van der Waals surface area (Å²) in [5.74, 6) is 0.952. The molecule has 0 heterocycles. The number of primary amides is 1. The van der Waals surface area contributed by atoms with Crippen molar-refractivity contribution in [3.8, 4) is 11.5 Å². The summed E-state index contributed by atoms with van der Waals surface area (Å²) in [6, 6.07) is 3.78. The zero-order valence-corrected chi connectivity index (χ0v) is 12.0. The number of ether oxygens (including phenoxy) is 2. The smallest absolute Gasteiger partial charge is 0.231 e. The monoisotopic (exact) mass is 316 g/mol. The molecule has 0 fully saturated rings. The topological polar surface area (TPSA) is 73.6 Å². The molecule has 18 heavy (non-hydrogen) atoms. The second kappa shape index (κ2) is 7.23. The first-order valence-corrected chi connectivity index (χ1v) is 6.36. The highest BCUT2D eigenvalue weighted by Gasteiger charge is 2.11. The number of amides is 1. The largest absolute Gasteiger partial charge is 0.493 e. The maximum atomic E-state index is 10.6. The number of benzene rings is 1. The van der Waals surface area contributed by atoms with E-state index in [4.69, 9.17) is 15.2 Å². The number of halogens is 1. The summed E-state index contributed by atoms with van der Waals surface area (Å²) >= 11 is 3.44. The molecule has 0 aromatic heterocycles. The fraction of sp³-hybridized carbons (Fsp3) is 0.417. The summed E-state index contributed by atoms with van der Waals surface area (Å²) < 4.78 is 11.6. The van der Waals surface area contributed by atoms with Gasteiger partial charge < -0.3 is 20.5 Å². The van der Waals surface area contributed by atoms with Crippen molar-refractivity contribution in [2.45, 2.75) is 13.5 Å². The molecule has 6 heteroatoms. The van der Waals surface area contributed by atoms with Crippen LogP contribution in [0.25, 0.3) is 0 Å². The van der Waals surface area contributed by atoms with Crippen LogP contribution in [0, 0.1) is 0 Å². The van der Waals surface area contributed by atoms with Crippen molar-refractivity contribution in [1.29, 1.82) is 0 Å². The number of hydrogen-bond donors (Lipinski definition) is 2. The minimum Gasteiger partial charge on any atom is -0.493 e. The number of rotatable bonds is 7. The Balaban J connectivity index is 2.82. The lowest BCUT2D eigenvalue weighted by atomic mass is 10.2. The van der Waals surface area contributed by atoms with E-state index in [1.165, 1.54) is 0 Å². The summed E-state index contributed by atoms with van der Waals surface area (Å²) in [7, 11) is 1.59. The molecule has 1 rings (SSSR count). The second-order valence-corrected chi connectivity index (χ2v) is 4.47. The predicted molar refractivity (Wildman–Crippen MR) is 72.8 cm³/mol. The van der Waals surface area contributed by atoms with Crippen LogP contribution in [0.15, 0.2) is 16.6 Å². The fourth-order valence-corrected chi connectivity index (χ4v) is 2.09. The summed E-state index contributed by atoms with van der Waals surface area (Å²) in [5.41, 5.74) is 6.03. The lowest BCUT2D eigenvalue weighted by Gasteiger charge is -2.13. The van der Waals surface area contributed by atoms with Crippen LogP contribution in [0.3, 0.4) is 0 Å². The van der Waals surface area contributed by atoms with Crippen LogP contribution in [0.5, 0.6) is 11.5 Å². The van der Waals surface area contributed by atoms with Crippen LogP contribution < -0.4 is 20.5 Å². The third-order valence-corrected chi connectivity index (χ3v) is 2.80. The number of carbonyl (C=O) groups is 1. The molecule has 0 saturated carbocycles. The Labute approximate surface area is 115 Å². The van der Waals surface area contributed by atoms with Gasteiger partial charge in [-0.1, -0.05) is 0 Å². The van der Waals surface area contributed by atoms with Gasteiger partial charge in [0.25, 0.3) is 0 Å². The first-order chi connectivity index (χ1) is 8.58. The third kappa shape index (κ3) is 4.19. The maximum Gasteiger partial charge on any atom is 0.231 e. The summed E-state index contributed by atoms with van der Waals surface area (Å²) in [4.78, 5) is 10.6. The van der Waals surface area contributed by atoms with Crippen LogP contribution in [-0.4, -0.2) is 26.2 Å². The number of nitrogens with one attached hydrogen (secondary N) is 1. The van der Waals surface area contributed by atoms with Crippen LogP contribution in [0.1, 0.15) is 12.5 Å². The van der Waals surface area contributed by atoms with Crippen molar-refractivity contribution < 1.29 is 14.3 Å². The third-order valence-electron chi connectivity index (χ3n) is 2.21. The molecular formula is C12H17BrN2O3. The molecule has 0 unspecified atom stereocenters. The Bertz CT molecular complexity index is 424. The molecule has 0 aliphatic rings. The highest BCUT2D eigenvalue weighted by Crippen LogP contribution is 2.36. The zero-order chi connectivity index (χ0) is 13.5. The number of carbonyl (C=O) groups excluding carboxylic acids is 1. The van der Waals surface area contributed by atoms with E-state index in [1.807, 2.05) is 19.1 Å². The summed E-state index contributed by atoms with van der Waals surface area (Å²) in [6.45, 7) is 3.15. The first-order valence-electron chi connectivity index (χ1n) is 5.56. The molecule has 1 aromatic carbocycles. The number of nitrogens with two attached hydrogens (primary N) is 1. The molecule has 0 bridgehead atoms. The lowest BCUT2D eigenvalue weighted by molar-refractivity contribution is -0.117. The van der Waals surface area contributed by atoms with E-state index in [1.54, 1.807) is 7.11 Å². The molecule has 5 nitrogen and oxygen atoms in total. The number of hydrogen-bond acceptors (Lipinski definition) is 4. The molecular weight excluding hydrogens is 300 g/mol. The van der Waals surface area contributed by atoms with Gasteiger partial charge >= 0.3 is 0 Å². The maximum absolute atomic E-state index is 10.6. The fourth-order valence-electron chi connectivity index (χ4n) is 1.49. The molecule has 0 aliphatic carbocycles. The van der Waals surface area contributed by atoms with Gasteiger partial charge in [0.1, 0.15) is 0 Å². The molecule has 1 aromatic rings. The Kier molecular flexibility index (Phi) is 5.94. The minimum atomic E-state index is -0.382. The Hall–Kier alpha value is -1.27. The van der Waals surface area contributed by atoms with Gasteiger partial charge in [-0.05, 0) is 40.5 Å². The van der Waals surface area contributed by atoms with Crippen LogP contribution in [0.4, 0.5) is 0 Å². The van der Waals surface area contributed by atoms with E-state index in [2.05, 4.69) is 21.2 Å². The van der Waals surface area contributed by atoms with Gasteiger partial charge in [0.2, 0.25) is 5.91 Å². The molecule has 0 atom stereocenters. The average Bonchev–Trinajstić information content (AvgIpc) is 2.31. The predicted octanol–water partition coefficient (Wildman–Crippen LogP) is 1.43. The van der Waals surface area contributed by atoms with Crippen LogP contribution in [-0.2, 0) is 11.3 Å². The molecule has 0 aliphatic heterocycles. The van der Waals surface area contributed by atoms with Crippen molar-refractivity contribution in [2.75, 3.05) is 20.3 Å². The minimum absolute atomic E-state index is 0.146. The lowest BCUT2D eigenvalue weighted by Crippen LogP contribution is -2.28. The molecule has 0 radical (unpaired) electrons. The molecule has 3 N–H and O–H groups in total. The van der Waals surface area contributed by atoms with Gasteiger partial charge in [-0.25, -0.2) is 0 Å². The summed E-state index contributed by atoms with van der Waals surface area (Å²) in [6.07, 6.45) is 0. The van der Waals surface area contributed by atoms with Crippen molar-refractivity contribution in [2.24, 2.45) is 5.73 Å². The number of methoxy groups -OCH3 is 1. The van der Waals surface area contributed by atoms with E-state index in [0.29, 0.717) is 24.7 Å². The quantitative estimate of drug-likeness (QED) is 0.798. The highest BCUT2D eigenvalue weighted by molar-refractivity contribution is 9.10. The van der Waals surface area contributed by atoms with Crippen LogP contribution in [0.2, 0.25) is 0 Å². The van der Waals surface area contributed by atoms with Gasteiger partial charge in [0, 0.05) is 6.54 Å². The van der Waals surface area contributed by atoms with Crippen LogP contribution >= 0.6 is 15.9 Å².